The maximum atomic E-state index is 12.5. The summed E-state index contributed by atoms with van der Waals surface area (Å²) in [5.74, 6) is -0.312. The number of nitro groups is 1. The number of nitro benzene ring substituents is 1. The highest BCUT2D eigenvalue weighted by Gasteiger charge is 2.18. The molecule has 0 radical (unpaired) electrons. The average Bonchev–Trinajstić information content (AvgIpc) is 3.17. The van der Waals surface area contributed by atoms with Crippen LogP contribution >= 0.6 is 0 Å². The fraction of sp³-hybridized carbons (Fsp3) is 0.111. The van der Waals surface area contributed by atoms with Gasteiger partial charge in [-0.1, -0.05) is 12.1 Å². The van der Waals surface area contributed by atoms with E-state index in [-0.39, 0.29) is 17.0 Å². The van der Waals surface area contributed by atoms with E-state index in [2.05, 4.69) is 15.5 Å². The summed E-state index contributed by atoms with van der Waals surface area (Å²) in [7, 11) is 0. The first kappa shape index (κ1) is 17.2. The van der Waals surface area contributed by atoms with Crippen LogP contribution in [-0.2, 0) is 0 Å². The number of nitrogens with one attached hydrogen (secondary N) is 2. The van der Waals surface area contributed by atoms with Crippen LogP contribution in [0.1, 0.15) is 17.3 Å². The Hall–Kier alpha value is -3.68. The molecule has 1 amide bonds. The lowest BCUT2D eigenvalue weighted by atomic mass is 10.1. The van der Waals surface area contributed by atoms with Gasteiger partial charge in [0.15, 0.2) is 5.75 Å². The number of hydrogen-bond acceptors (Lipinski definition) is 5. The summed E-state index contributed by atoms with van der Waals surface area (Å²) >= 11 is 0. The van der Waals surface area contributed by atoms with Gasteiger partial charge >= 0.3 is 5.69 Å². The molecule has 0 saturated heterocycles. The van der Waals surface area contributed by atoms with Crippen molar-refractivity contribution in [3.63, 3.8) is 0 Å². The van der Waals surface area contributed by atoms with Crippen molar-refractivity contribution in [1.82, 2.24) is 10.2 Å². The molecule has 0 saturated carbocycles. The summed E-state index contributed by atoms with van der Waals surface area (Å²) in [5, 5.41) is 20.7. The van der Waals surface area contributed by atoms with E-state index in [1.54, 1.807) is 31.3 Å². The van der Waals surface area contributed by atoms with E-state index in [0.717, 1.165) is 11.3 Å². The molecule has 132 valence electrons. The Labute approximate surface area is 149 Å². The van der Waals surface area contributed by atoms with Crippen molar-refractivity contribution < 1.29 is 14.5 Å². The van der Waals surface area contributed by atoms with Crippen LogP contribution in [0.4, 0.5) is 11.4 Å². The second kappa shape index (κ2) is 7.47. The third-order valence-electron chi connectivity index (χ3n) is 3.65. The van der Waals surface area contributed by atoms with Crippen LogP contribution in [0.15, 0.2) is 54.7 Å². The number of nitrogens with zero attached hydrogens (tertiary/aromatic N) is 2. The minimum absolute atomic E-state index is 0.135. The van der Waals surface area contributed by atoms with Gasteiger partial charge in [0, 0.05) is 29.1 Å². The molecule has 0 bridgehead atoms. The number of H-pyrrole nitrogens is 1. The molecule has 0 atom stereocenters. The van der Waals surface area contributed by atoms with E-state index >= 15 is 0 Å². The number of rotatable bonds is 6. The Morgan fingerprint density at radius 2 is 2.12 bits per heavy atom. The Balaban J connectivity index is 1.83. The number of amides is 1. The minimum Gasteiger partial charge on any atom is -0.487 e. The molecular weight excluding hydrogens is 336 g/mol. The summed E-state index contributed by atoms with van der Waals surface area (Å²) in [4.78, 5) is 23.1. The van der Waals surface area contributed by atoms with Crippen LogP contribution < -0.4 is 10.1 Å². The Morgan fingerprint density at radius 1 is 1.27 bits per heavy atom. The number of benzene rings is 2. The maximum absolute atomic E-state index is 12.5. The topological polar surface area (TPSA) is 110 Å². The van der Waals surface area contributed by atoms with Crippen molar-refractivity contribution in [2.24, 2.45) is 0 Å². The predicted octanol–water partition coefficient (Wildman–Crippen LogP) is 3.64. The molecule has 8 heteroatoms. The molecule has 8 nitrogen and oxygen atoms in total. The molecule has 0 aliphatic rings. The number of aromatic nitrogens is 2. The molecular formula is C18H16N4O4. The van der Waals surface area contributed by atoms with Gasteiger partial charge in [-0.3, -0.25) is 20.0 Å². The second-order valence-corrected chi connectivity index (χ2v) is 5.38. The highest BCUT2D eigenvalue weighted by atomic mass is 16.6. The third-order valence-corrected chi connectivity index (χ3v) is 3.65. The van der Waals surface area contributed by atoms with E-state index in [0.29, 0.717) is 12.3 Å². The molecule has 1 heterocycles. The maximum Gasteiger partial charge on any atom is 0.311 e. The predicted molar refractivity (Wildman–Crippen MR) is 96.2 cm³/mol. The van der Waals surface area contributed by atoms with Crippen LogP contribution in [0.2, 0.25) is 0 Å². The minimum atomic E-state index is -0.569. The van der Waals surface area contributed by atoms with Gasteiger partial charge in [-0.15, -0.1) is 0 Å². The molecule has 2 aromatic carbocycles. The van der Waals surface area contributed by atoms with E-state index in [1.807, 2.05) is 12.1 Å². The van der Waals surface area contributed by atoms with E-state index < -0.39 is 10.8 Å². The largest absolute Gasteiger partial charge is 0.487 e. The number of aromatic amines is 1. The first-order valence-corrected chi connectivity index (χ1v) is 7.91. The van der Waals surface area contributed by atoms with Crippen LogP contribution in [-0.4, -0.2) is 27.6 Å². The zero-order chi connectivity index (χ0) is 18.5. The standard InChI is InChI=1S/C18H16N4O4/c1-2-26-17-7-6-13(11-16(17)22(24)25)18(23)20-14-5-3-4-12(10-14)15-8-9-19-21-15/h3-11H,2H2,1H3,(H,19,21)(H,20,23). The fourth-order valence-corrected chi connectivity index (χ4v) is 2.46. The van der Waals surface area contributed by atoms with E-state index in [9.17, 15) is 14.9 Å². The molecule has 3 rings (SSSR count). The summed E-state index contributed by atoms with van der Waals surface area (Å²) in [6, 6.07) is 13.1. The van der Waals surface area contributed by atoms with Gasteiger partial charge in [0.1, 0.15) is 0 Å². The molecule has 0 fully saturated rings. The van der Waals surface area contributed by atoms with Gasteiger partial charge in [0.25, 0.3) is 5.91 Å². The Morgan fingerprint density at radius 3 is 2.81 bits per heavy atom. The Bertz CT molecular complexity index is 938. The molecule has 0 aliphatic carbocycles. The number of carbonyl (C=O) groups is 1. The first-order chi connectivity index (χ1) is 12.6. The SMILES string of the molecule is CCOc1ccc(C(=O)Nc2cccc(-c3ccn[nH]3)c2)cc1[N+](=O)[O-]. The highest BCUT2D eigenvalue weighted by molar-refractivity contribution is 6.05. The van der Waals surface area contributed by atoms with Crippen LogP contribution in [0.3, 0.4) is 0 Å². The zero-order valence-electron chi connectivity index (χ0n) is 13.9. The van der Waals surface area contributed by atoms with Gasteiger partial charge in [-0.05, 0) is 37.3 Å². The van der Waals surface area contributed by atoms with Crippen molar-refractivity contribution >= 4 is 17.3 Å². The molecule has 2 N–H and O–H groups in total. The lowest BCUT2D eigenvalue weighted by molar-refractivity contribution is -0.385. The van der Waals surface area contributed by atoms with Gasteiger partial charge in [-0.2, -0.15) is 5.10 Å². The lowest BCUT2D eigenvalue weighted by Gasteiger charge is -2.08. The number of carbonyl (C=O) groups excluding carboxylic acids is 1. The monoisotopic (exact) mass is 352 g/mol. The van der Waals surface area contributed by atoms with Crippen LogP contribution in [0, 0.1) is 10.1 Å². The van der Waals surface area contributed by atoms with Crippen molar-refractivity contribution in [3.05, 3.63) is 70.4 Å². The summed E-state index contributed by atoms with van der Waals surface area (Å²) in [6.45, 7) is 2.03. The highest BCUT2D eigenvalue weighted by Crippen LogP contribution is 2.28. The summed E-state index contributed by atoms with van der Waals surface area (Å²) < 4.78 is 5.23. The Kier molecular flexibility index (Phi) is 4.93. The summed E-state index contributed by atoms with van der Waals surface area (Å²) in [5.41, 5.74) is 2.17. The zero-order valence-corrected chi connectivity index (χ0v) is 13.9. The lowest BCUT2D eigenvalue weighted by Crippen LogP contribution is -2.12. The van der Waals surface area contributed by atoms with E-state index in [1.165, 1.54) is 18.2 Å². The number of hydrogen-bond donors (Lipinski definition) is 2. The average molecular weight is 352 g/mol. The van der Waals surface area contributed by atoms with Crippen molar-refractivity contribution in [3.8, 4) is 17.0 Å². The molecule has 0 aliphatic heterocycles. The third kappa shape index (κ3) is 3.69. The molecule has 0 unspecified atom stereocenters. The van der Waals surface area contributed by atoms with Gasteiger partial charge in [0.05, 0.1) is 17.2 Å². The molecule has 26 heavy (non-hydrogen) atoms. The van der Waals surface area contributed by atoms with Crippen molar-refractivity contribution in [1.29, 1.82) is 0 Å². The van der Waals surface area contributed by atoms with Crippen molar-refractivity contribution in [2.75, 3.05) is 11.9 Å². The van der Waals surface area contributed by atoms with Crippen LogP contribution in [0.5, 0.6) is 5.75 Å². The normalized spacial score (nSPS) is 10.3. The van der Waals surface area contributed by atoms with E-state index in [4.69, 9.17) is 4.74 Å². The van der Waals surface area contributed by atoms with Gasteiger partial charge < -0.3 is 10.1 Å². The fourth-order valence-electron chi connectivity index (χ4n) is 2.46. The van der Waals surface area contributed by atoms with Gasteiger partial charge in [-0.25, -0.2) is 0 Å². The van der Waals surface area contributed by atoms with Gasteiger partial charge in [0.2, 0.25) is 0 Å². The molecule has 1 aromatic heterocycles. The van der Waals surface area contributed by atoms with Crippen molar-refractivity contribution in [2.45, 2.75) is 6.92 Å². The molecule has 3 aromatic rings. The van der Waals surface area contributed by atoms with Crippen LogP contribution in [0.25, 0.3) is 11.3 Å². The second-order valence-electron chi connectivity index (χ2n) is 5.38. The quantitative estimate of drug-likeness (QED) is 0.520. The first-order valence-electron chi connectivity index (χ1n) is 7.91. The number of ether oxygens (including phenoxy) is 1. The number of anilines is 1. The summed E-state index contributed by atoms with van der Waals surface area (Å²) in [6.07, 6.45) is 1.64. The smallest absolute Gasteiger partial charge is 0.311 e. The molecule has 0 spiro atoms.